The van der Waals surface area contributed by atoms with Crippen LogP contribution in [0.1, 0.15) is 18.9 Å². The fourth-order valence-electron chi connectivity index (χ4n) is 2.69. The Kier molecular flexibility index (Phi) is 8.11. The number of anilines is 1. The van der Waals surface area contributed by atoms with Crippen LogP contribution in [0.2, 0.25) is 0 Å². The highest BCUT2D eigenvalue weighted by atomic mass is 32.1. The van der Waals surface area contributed by atoms with Crippen molar-refractivity contribution in [1.29, 1.82) is 0 Å². The fraction of sp³-hybridized carbons (Fsp3) is 0.556. The highest BCUT2D eigenvalue weighted by Gasteiger charge is 2.12. The summed E-state index contributed by atoms with van der Waals surface area (Å²) in [7, 11) is 4.06. The molecule has 0 spiro atoms. The Bertz CT molecular complexity index is 567. The zero-order valence-electron chi connectivity index (χ0n) is 15.5. The highest BCUT2D eigenvalue weighted by molar-refractivity contribution is 7.80. The van der Waals surface area contributed by atoms with E-state index in [2.05, 4.69) is 45.0 Å². The monoisotopic (exact) mass is 364 g/mol. The predicted octanol–water partition coefficient (Wildman–Crippen LogP) is 0.246. The van der Waals surface area contributed by atoms with Crippen molar-refractivity contribution in [3.05, 3.63) is 29.8 Å². The van der Waals surface area contributed by atoms with Gasteiger partial charge in [0.15, 0.2) is 5.11 Å². The van der Waals surface area contributed by atoms with E-state index in [1.165, 1.54) is 5.69 Å². The normalized spacial score (nSPS) is 15.7. The number of quaternary nitrogens is 1. The number of morpholine rings is 1. The van der Waals surface area contributed by atoms with Gasteiger partial charge in [0.25, 0.3) is 0 Å². The lowest BCUT2D eigenvalue weighted by molar-refractivity contribution is -0.908. The average molecular weight is 365 g/mol. The summed E-state index contributed by atoms with van der Waals surface area (Å²) in [6.07, 6.45) is 1.09. The highest BCUT2D eigenvalue weighted by Crippen LogP contribution is 2.12. The number of nitrogens with zero attached hydrogens (tertiary/aromatic N) is 2. The Morgan fingerprint density at radius 1 is 1.24 bits per heavy atom. The van der Waals surface area contributed by atoms with E-state index in [4.69, 9.17) is 17.0 Å². The number of rotatable bonds is 7. The lowest BCUT2D eigenvalue weighted by Crippen LogP contribution is -3.14. The van der Waals surface area contributed by atoms with Crippen molar-refractivity contribution in [3.63, 3.8) is 0 Å². The van der Waals surface area contributed by atoms with Crippen molar-refractivity contribution >= 4 is 28.7 Å². The Morgan fingerprint density at radius 2 is 1.92 bits per heavy atom. The molecule has 25 heavy (non-hydrogen) atoms. The topological polar surface area (TPSA) is 53.3 Å². The van der Waals surface area contributed by atoms with Crippen LogP contribution in [0.15, 0.2) is 29.4 Å². The molecule has 0 aliphatic carbocycles. The van der Waals surface area contributed by atoms with E-state index in [1.807, 2.05) is 21.0 Å². The third-order valence-electron chi connectivity index (χ3n) is 4.32. The molecule has 7 heteroatoms. The van der Waals surface area contributed by atoms with Gasteiger partial charge in [-0.25, -0.2) is 0 Å². The second-order valence-corrected chi connectivity index (χ2v) is 6.88. The maximum Gasteiger partial charge on any atom is 0.186 e. The van der Waals surface area contributed by atoms with E-state index in [0.29, 0.717) is 5.11 Å². The molecule has 0 atom stereocenters. The third kappa shape index (κ3) is 6.97. The summed E-state index contributed by atoms with van der Waals surface area (Å²) >= 11 is 5.28. The molecule has 0 amide bonds. The Balaban J connectivity index is 1.67. The molecule has 1 heterocycles. The van der Waals surface area contributed by atoms with Crippen molar-refractivity contribution in [2.45, 2.75) is 13.3 Å². The first-order valence-electron chi connectivity index (χ1n) is 8.83. The molecule has 2 rings (SSSR count). The third-order valence-corrected chi connectivity index (χ3v) is 4.55. The molecule has 1 fully saturated rings. The van der Waals surface area contributed by atoms with Gasteiger partial charge < -0.3 is 19.9 Å². The molecule has 0 aromatic heterocycles. The molecule has 1 aromatic rings. The van der Waals surface area contributed by atoms with Crippen LogP contribution < -0.4 is 20.5 Å². The fourth-order valence-corrected chi connectivity index (χ4v) is 2.84. The summed E-state index contributed by atoms with van der Waals surface area (Å²) in [5.74, 6) is 0. The molecule has 0 bridgehead atoms. The largest absolute Gasteiger partial charge is 0.378 e. The lowest BCUT2D eigenvalue weighted by atomic mass is 10.1. The number of hydrogen-bond acceptors (Lipinski definition) is 4. The lowest BCUT2D eigenvalue weighted by Gasteiger charge is -2.23. The number of thiocarbonyl (C=S) groups is 1. The van der Waals surface area contributed by atoms with Crippen molar-refractivity contribution in [1.82, 2.24) is 10.7 Å². The smallest absolute Gasteiger partial charge is 0.186 e. The van der Waals surface area contributed by atoms with Crippen LogP contribution in [0.25, 0.3) is 0 Å². The first kappa shape index (κ1) is 19.6. The number of hydrogen-bond donors (Lipinski definition) is 3. The van der Waals surface area contributed by atoms with Crippen LogP contribution in [-0.4, -0.2) is 64.3 Å². The molecule has 1 saturated heterocycles. The molecule has 138 valence electrons. The summed E-state index contributed by atoms with van der Waals surface area (Å²) in [5.41, 5.74) is 6.09. The molecule has 1 aromatic carbocycles. The van der Waals surface area contributed by atoms with Crippen molar-refractivity contribution < 1.29 is 9.64 Å². The number of hydrazone groups is 1. The second kappa shape index (κ2) is 10.3. The molecular formula is C18H30N5OS+. The predicted molar refractivity (Wildman–Crippen MR) is 108 cm³/mol. The minimum Gasteiger partial charge on any atom is -0.378 e. The van der Waals surface area contributed by atoms with E-state index in [0.717, 1.165) is 57.1 Å². The second-order valence-electron chi connectivity index (χ2n) is 6.47. The Labute approximate surface area is 156 Å². The van der Waals surface area contributed by atoms with Gasteiger partial charge in [-0.1, -0.05) is 12.1 Å². The van der Waals surface area contributed by atoms with Crippen molar-refractivity contribution in [2.24, 2.45) is 5.10 Å². The van der Waals surface area contributed by atoms with Gasteiger partial charge in [-0.2, -0.15) is 5.10 Å². The Morgan fingerprint density at radius 3 is 2.56 bits per heavy atom. The van der Waals surface area contributed by atoms with Gasteiger partial charge in [0.1, 0.15) is 13.1 Å². The number of nitrogens with one attached hydrogen (secondary N) is 3. The van der Waals surface area contributed by atoms with Gasteiger partial charge in [-0.15, -0.1) is 0 Å². The van der Waals surface area contributed by atoms with Gasteiger partial charge in [0.05, 0.1) is 25.5 Å². The number of ether oxygens (including phenoxy) is 1. The zero-order valence-corrected chi connectivity index (χ0v) is 16.3. The van der Waals surface area contributed by atoms with E-state index >= 15 is 0 Å². The minimum absolute atomic E-state index is 0.571. The van der Waals surface area contributed by atoms with Crippen LogP contribution in [0, 0.1) is 0 Å². The molecule has 0 saturated carbocycles. The molecule has 0 radical (unpaired) electrons. The summed E-state index contributed by atoms with van der Waals surface area (Å²) in [4.78, 5) is 3.69. The number of benzene rings is 1. The quantitative estimate of drug-likeness (QED) is 0.280. The zero-order chi connectivity index (χ0) is 18.1. The van der Waals surface area contributed by atoms with Crippen LogP contribution in [0.3, 0.4) is 0 Å². The minimum atomic E-state index is 0.571. The van der Waals surface area contributed by atoms with Gasteiger partial charge in [-0.3, -0.25) is 5.43 Å². The molecule has 0 unspecified atom stereocenters. The SMILES string of the molecule is C/C(=N/NC(=S)NCCC[NH+]1CCOCC1)c1ccc(N(C)C)cc1. The van der Waals surface area contributed by atoms with Gasteiger partial charge >= 0.3 is 0 Å². The molecule has 3 N–H and O–H groups in total. The maximum absolute atomic E-state index is 5.37. The molecule has 1 aliphatic heterocycles. The van der Waals surface area contributed by atoms with E-state index in [9.17, 15) is 0 Å². The van der Waals surface area contributed by atoms with Gasteiger partial charge in [0.2, 0.25) is 0 Å². The van der Waals surface area contributed by atoms with E-state index < -0.39 is 0 Å². The van der Waals surface area contributed by atoms with E-state index in [1.54, 1.807) is 4.90 Å². The molecule has 1 aliphatic rings. The van der Waals surface area contributed by atoms with Crippen molar-refractivity contribution in [2.75, 3.05) is 58.4 Å². The summed E-state index contributed by atoms with van der Waals surface area (Å²) in [6, 6.07) is 8.30. The van der Waals surface area contributed by atoms with Crippen LogP contribution in [-0.2, 0) is 4.74 Å². The van der Waals surface area contributed by atoms with Crippen LogP contribution in [0.4, 0.5) is 5.69 Å². The molecule has 6 nitrogen and oxygen atoms in total. The summed E-state index contributed by atoms with van der Waals surface area (Å²) < 4.78 is 5.37. The summed E-state index contributed by atoms with van der Waals surface area (Å²) in [5, 5.41) is 8.15. The first-order valence-corrected chi connectivity index (χ1v) is 9.24. The van der Waals surface area contributed by atoms with Crippen LogP contribution >= 0.6 is 12.2 Å². The maximum atomic E-state index is 5.37. The standard InChI is InChI=1S/C18H29N5OS/c1-15(16-5-7-17(8-6-16)22(2)3)20-21-18(25)19-9-4-10-23-11-13-24-14-12-23/h5-8H,4,9-14H2,1-3H3,(H2,19,21,25)/p+1/b20-15-. The van der Waals surface area contributed by atoms with Crippen molar-refractivity contribution in [3.8, 4) is 0 Å². The first-order chi connectivity index (χ1) is 12.1. The van der Waals surface area contributed by atoms with Gasteiger partial charge in [0, 0.05) is 32.7 Å². The summed E-state index contributed by atoms with van der Waals surface area (Å²) in [6.45, 7) is 7.97. The molecular weight excluding hydrogens is 334 g/mol. The average Bonchev–Trinajstić information content (AvgIpc) is 2.64. The van der Waals surface area contributed by atoms with E-state index in [-0.39, 0.29) is 0 Å². The van der Waals surface area contributed by atoms with Crippen LogP contribution in [0.5, 0.6) is 0 Å². The Hall–Kier alpha value is -1.70. The van der Waals surface area contributed by atoms with Gasteiger partial charge in [-0.05, 0) is 36.8 Å².